The van der Waals surface area contributed by atoms with E-state index in [4.69, 9.17) is 0 Å². The number of thiophene rings is 1. The van der Waals surface area contributed by atoms with E-state index in [0.717, 1.165) is 36.1 Å². The smallest absolute Gasteiger partial charge is 0.0822 e. The summed E-state index contributed by atoms with van der Waals surface area (Å²) in [6.45, 7) is 3.19. The van der Waals surface area contributed by atoms with Crippen LogP contribution in [-0.2, 0) is 0 Å². The van der Waals surface area contributed by atoms with Gasteiger partial charge in [-0.1, -0.05) is 11.8 Å². The van der Waals surface area contributed by atoms with Crippen molar-refractivity contribution in [2.45, 2.75) is 18.9 Å². The summed E-state index contributed by atoms with van der Waals surface area (Å²) < 4.78 is 1.22. The topological polar surface area (TPSA) is 19.4 Å². The monoisotopic (exact) mass is 299 g/mol. The number of pyridine rings is 1. The van der Waals surface area contributed by atoms with Gasteiger partial charge in [-0.2, -0.15) is 0 Å². The van der Waals surface area contributed by atoms with E-state index < -0.39 is 0 Å². The molecule has 1 saturated heterocycles. The molecule has 2 aromatic heterocycles. The molecule has 2 aromatic rings. The van der Waals surface area contributed by atoms with Crippen LogP contribution in [-0.4, -0.2) is 54.6 Å². The molecule has 1 aliphatic heterocycles. The van der Waals surface area contributed by atoms with Gasteiger partial charge in [0, 0.05) is 25.3 Å². The summed E-state index contributed by atoms with van der Waals surface area (Å²) in [6, 6.07) is 6.91. The van der Waals surface area contributed by atoms with Gasteiger partial charge in [0.25, 0.3) is 0 Å². The Kier molecular flexibility index (Phi) is 4.54. The zero-order valence-corrected chi connectivity index (χ0v) is 13.5. The first-order valence-corrected chi connectivity index (χ1v) is 8.26. The summed E-state index contributed by atoms with van der Waals surface area (Å²) in [5.74, 6) is 6.61. The molecule has 4 heteroatoms. The van der Waals surface area contributed by atoms with Gasteiger partial charge in [0.15, 0.2) is 0 Å². The Morgan fingerprint density at radius 2 is 2.19 bits per heavy atom. The van der Waals surface area contributed by atoms with Crippen molar-refractivity contribution in [3.63, 3.8) is 0 Å². The van der Waals surface area contributed by atoms with Gasteiger partial charge >= 0.3 is 0 Å². The molecule has 0 radical (unpaired) electrons. The third kappa shape index (κ3) is 3.62. The first-order valence-electron chi connectivity index (χ1n) is 7.44. The lowest BCUT2D eigenvalue weighted by atomic mass is 10.0. The quantitative estimate of drug-likeness (QED) is 0.795. The predicted molar refractivity (Wildman–Crippen MR) is 89.6 cm³/mol. The van der Waals surface area contributed by atoms with Crippen LogP contribution in [0, 0.1) is 11.8 Å². The fraction of sp³-hybridized carbons (Fsp3) is 0.471. The molecule has 0 spiro atoms. The van der Waals surface area contributed by atoms with Gasteiger partial charge in [-0.05, 0) is 45.1 Å². The Hall–Kier alpha value is -1.41. The van der Waals surface area contributed by atoms with E-state index in [1.54, 1.807) is 11.3 Å². The molecule has 0 unspecified atom stereocenters. The van der Waals surface area contributed by atoms with Crippen LogP contribution in [0.3, 0.4) is 0 Å². The van der Waals surface area contributed by atoms with Crippen LogP contribution >= 0.6 is 11.3 Å². The van der Waals surface area contributed by atoms with Gasteiger partial charge in [0.1, 0.15) is 0 Å². The molecule has 1 fully saturated rings. The van der Waals surface area contributed by atoms with Crippen molar-refractivity contribution in [3.05, 3.63) is 29.3 Å². The summed E-state index contributed by atoms with van der Waals surface area (Å²) >= 11 is 1.73. The average molecular weight is 299 g/mol. The molecule has 3 nitrogen and oxygen atoms in total. The van der Waals surface area contributed by atoms with Gasteiger partial charge < -0.3 is 4.90 Å². The van der Waals surface area contributed by atoms with Gasteiger partial charge in [0.2, 0.25) is 0 Å². The molecule has 0 aromatic carbocycles. The Morgan fingerprint density at radius 3 is 2.90 bits per heavy atom. The summed E-state index contributed by atoms with van der Waals surface area (Å²) in [4.78, 5) is 10.3. The van der Waals surface area contributed by atoms with E-state index in [1.807, 2.05) is 12.3 Å². The Labute approximate surface area is 130 Å². The minimum absolute atomic E-state index is 0.739. The summed E-state index contributed by atoms with van der Waals surface area (Å²) in [5, 5.41) is 0. The summed E-state index contributed by atoms with van der Waals surface area (Å²) in [7, 11) is 4.35. The highest BCUT2D eigenvalue weighted by Crippen LogP contribution is 2.22. The Balaban J connectivity index is 1.56. The normalized spacial score (nSPS) is 17.1. The second kappa shape index (κ2) is 6.57. The Bertz CT molecular complexity index is 624. The molecule has 0 N–H and O–H groups in total. The number of nitrogens with zero attached hydrogens (tertiary/aromatic N) is 3. The van der Waals surface area contributed by atoms with Crippen molar-refractivity contribution in [1.82, 2.24) is 14.8 Å². The zero-order chi connectivity index (χ0) is 14.7. The third-order valence-electron chi connectivity index (χ3n) is 4.09. The van der Waals surface area contributed by atoms with E-state index in [9.17, 15) is 0 Å². The van der Waals surface area contributed by atoms with Gasteiger partial charge in [0.05, 0.1) is 21.6 Å². The molecule has 110 valence electrons. The van der Waals surface area contributed by atoms with Crippen molar-refractivity contribution in [3.8, 4) is 11.8 Å². The zero-order valence-electron chi connectivity index (χ0n) is 12.7. The van der Waals surface area contributed by atoms with Crippen LogP contribution in [0.25, 0.3) is 10.2 Å². The van der Waals surface area contributed by atoms with E-state index in [1.165, 1.54) is 17.5 Å². The lowest BCUT2D eigenvalue weighted by Gasteiger charge is -2.34. The fourth-order valence-corrected chi connectivity index (χ4v) is 3.66. The van der Waals surface area contributed by atoms with Gasteiger partial charge in [-0.15, -0.1) is 11.3 Å². The number of rotatable bonds is 2. The van der Waals surface area contributed by atoms with Crippen LogP contribution < -0.4 is 0 Å². The standard InChI is InChI=1S/C17H21N3S/c1-19(2)14-7-11-20(12-8-14)10-4-5-15-13-16-17(21-15)6-3-9-18-16/h3,6,9,13-14H,7-8,10-12H2,1-2H3. The second-order valence-corrected chi connectivity index (χ2v) is 6.85. The van der Waals surface area contributed by atoms with E-state index in [2.05, 4.69) is 52.9 Å². The molecule has 0 atom stereocenters. The van der Waals surface area contributed by atoms with Crippen molar-refractivity contribution in [2.75, 3.05) is 33.7 Å². The van der Waals surface area contributed by atoms with E-state index in [-0.39, 0.29) is 0 Å². The van der Waals surface area contributed by atoms with Crippen LogP contribution in [0.5, 0.6) is 0 Å². The van der Waals surface area contributed by atoms with Crippen molar-refractivity contribution in [2.24, 2.45) is 0 Å². The first kappa shape index (κ1) is 14.5. The van der Waals surface area contributed by atoms with Crippen LogP contribution in [0.2, 0.25) is 0 Å². The average Bonchev–Trinajstić information content (AvgIpc) is 2.90. The number of hydrogen-bond acceptors (Lipinski definition) is 4. The highest BCUT2D eigenvalue weighted by Gasteiger charge is 2.19. The van der Waals surface area contributed by atoms with Crippen molar-refractivity contribution < 1.29 is 0 Å². The molecule has 21 heavy (non-hydrogen) atoms. The number of hydrogen-bond donors (Lipinski definition) is 0. The summed E-state index contributed by atoms with van der Waals surface area (Å²) in [5.41, 5.74) is 1.05. The van der Waals surface area contributed by atoms with E-state index >= 15 is 0 Å². The molecular formula is C17H21N3S. The molecule has 1 aliphatic rings. The van der Waals surface area contributed by atoms with E-state index in [0.29, 0.717) is 0 Å². The maximum Gasteiger partial charge on any atom is 0.0822 e. The third-order valence-corrected chi connectivity index (χ3v) is 5.09. The number of aromatic nitrogens is 1. The molecule has 3 rings (SSSR count). The molecule has 0 amide bonds. The maximum atomic E-state index is 4.35. The lowest BCUT2D eigenvalue weighted by molar-refractivity contribution is 0.156. The molecular weight excluding hydrogens is 278 g/mol. The summed E-state index contributed by atoms with van der Waals surface area (Å²) in [6.07, 6.45) is 4.34. The van der Waals surface area contributed by atoms with Crippen molar-refractivity contribution >= 4 is 21.6 Å². The number of likely N-dealkylation sites (tertiary alicyclic amines) is 1. The molecule has 0 aliphatic carbocycles. The predicted octanol–water partition coefficient (Wildman–Crippen LogP) is 2.67. The second-order valence-electron chi connectivity index (χ2n) is 5.77. The maximum absolute atomic E-state index is 4.35. The van der Waals surface area contributed by atoms with Crippen molar-refractivity contribution in [1.29, 1.82) is 0 Å². The molecule has 0 saturated carbocycles. The lowest BCUT2D eigenvalue weighted by Crippen LogP contribution is -2.41. The molecule has 3 heterocycles. The first-order chi connectivity index (χ1) is 10.2. The van der Waals surface area contributed by atoms with Crippen LogP contribution in [0.4, 0.5) is 0 Å². The highest BCUT2D eigenvalue weighted by molar-refractivity contribution is 7.19. The fourth-order valence-electron chi connectivity index (χ4n) is 2.76. The Morgan fingerprint density at radius 1 is 1.38 bits per heavy atom. The number of fused-ring (bicyclic) bond motifs is 1. The molecule has 0 bridgehead atoms. The van der Waals surface area contributed by atoms with Crippen LogP contribution in [0.1, 0.15) is 17.7 Å². The minimum atomic E-state index is 0.739. The largest absolute Gasteiger partial charge is 0.306 e. The van der Waals surface area contributed by atoms with Gasteiger partial charge in [-0.25, -0.2) is 0 Å². The number of piperidine rings is 1. The highest BCUT2D eigenvalue weighted by atomic mass is 32.1. The van der Waals surface area contributed by atoms with Crippen LogP contribution in [0.15, 0.2) is 24.4 Å². The SMILES string of the molecule is CN(C)C1CCN(CC#Cc2cc3ncccc3s2)CC1. The van der Waals surface area contributed by atoms with Gasteiger partial charge in [-0.3, -0.25) is 9.88 Å². The minimum Gasteiger partial charge on any atom is -0.306 e.